The number of rotatable bonds is 2. The number of nitrogens with zero attached hydrogens (tertiary/aromatic N) is 5. The van der Waals surface area contributed by atoms with E-state index in [-0.39, 0.29) is 0 Å². The van der Waals surface area contributed by atoms with Crippen LogP contribution in [-0.4, -0.2) is 5.27 Å². The van der Waals surface area contributed by atoms with Crippen LogP contribution in [0.15, 0.2) is 40.1 Å². The molecule has 0 amide bonds. The van der Waals surface area contributed by atoms with Crippen LogP contribution >= 0.6 is 0 Å². The van der Waals surface area contributed by atoms with Gasteiger partial charge in [-0.3, -0.25) is 0 Å². The molecular formula is C8H5N5O2. The van der Waals surface area contributed by atoms with Crippen LogP contribution in [0.2, 0.25) is 0 Å². The van der Waals surface area contributed by atoms with E-state index in [2.05, 4.69) is 19.8 Å². The first-order valence-corrected chi connectivity index (χ1v) is 4.01. The van der Waals surface area contributed by atoms with E-state index in [9.17, 15) is 5.11 Å². The van der Waals surface area contributed by atoms with Gasteiger partial charge in [0.2, 0.25) is 11.9 Å². The molecule has 0 radical (unpaired) electrons. The number of azide groups is 1. The van der Waals surface area contributed by atoms with Crippen LogP contribution < -0.4 is 9.79 Å². The maximum atomic E-state index is 10.8. The highest BCUT2D eigenvalue weighted by molar-refractivity contribution is 5.51. The summed E-state index contributed by atoms with van der Waals surface area (Å²) in [5, 5.41) is 17.7. The average molecular weight is 203 g/mol. The van der Waals surface area contributed by atoms with Gasteiger partial charge in [-0.25, -0.2) is 0 Å². The molecule has 0 saturated heterocycles. The predicted molar refractivity (Wildman–Crippen MR) is 46.3 cm³/mol. The van der Waals surface area contributed by atoms with Crippen molar-refractivity contribution in [1.29, 1.82) is 0 Å². The second-order valence-corrected chi connectivity index (χ2v) is 2.64. The average Bonchev–Trinajstić information content (AvgIpc) is 2.66. The highest BCUT2D eigenvalue weighted by atomic mass is 16.6. The second-order valence-electron chi connectivity index (χ2n) is 2.64. The summed E-state index contributed by atoms with van der Waals surface area (Å²) in [6.07, 6.45) is 1.16. The molecule has 74 valence electrons. The fourth-order valence-electron chi connectivity index (χ4n) is 1.14. The topological polar surface area (TPSA) is 102 Å². The lowest BCUT2D eigenvalue weighted by Crippen LogP contribution is -2.31. The lowest BCUT2D eigenvalue weighted by molar-refractivity contribution is -0.669. The molecule has 0 spiro atoms. The Hall–Kier alpha value is -2.53. The van der Waals surface area contributed by atoms with E-state index in [1.54, 1.807) is 24.3 Å². The molecule has 1 heterocycles. The standard InChI is InChI=1S/C8H5N5O2/c9-11-10-6-3-1-2-4-7(6)13-5-8(14)15-12-13/h1-5H. The van der Waals surface area contributed by atoms with Crippen molar-refractivity contribution in [3.05, 3.63) is 40.9 Å². The molecule has 0 unspecified atom stereocenters. The normalized spacial score (nSPS) is 9.60. The Bertz CT molecular complexity index is 529. The van der Waals surface area contributed by atoms with Crippen LogP contribution in [0.4, 0.5) is 5.69 Å². The number of para-hydroxylation sites is 1. The summed E-state index contributed by atoms with van der Waals surface area (Å²) >= 11 is 0. The first kappa shape index (κ1) is 9.04. The smallest absolute Gasteiger partial charge is 0.248 e. The van der Waals surface area contributed by atoms with Crippen molar-refractivity contribution >= 4 is 5.69 Å². The molecule has 0 aliphatic heterocycles. The van der Waals surface area contributed by atoms with E-state index in [1.807, 2.05) is 0 Å². The molecule has 1 aromatic carbocycles. The van der Waals surface area contributed by atoms with Gasteiger partial charge in [-0.05, 0) is 16.3 Å². The van der Waals surface area contributed by atoms with Crippen LogP contribution in [0.1, 0.15) is 0 Å². The number of hydrogen-bond donors (Lipinski definition) is 0. The van der Waals surface area contributed by atoms with Gasteiger partial charge in [0, 0.05) is 11.0 Å². The Labute approximate surface area is 83.8 Å². The monoisotopic (exact) mass is 203 g/mol. The Morgan fingerprint density at radius 3 is 2.93 bits per heavy atom. The highest BCUT2D eigenvalue weighted by Gasteiger charge is 2.13. The number of hydrogen-bond acceptors (Lipinski definition) is 4. The quantitative estimate of drug-likeness (QED) is 0.314. The first-order valence-electron chi connectivity index (χ1n) is 4.01. The summed E-state index contributed by atoms with van der Waals surface area (Å²) in [6, 6.07) is 6.72. The van der Waals surface area contributed by atoms with Crippen molar-refractivity contribution in [3.63, 3.8) is 0 Å². The van der Waals surface area contributed by atoms with E-state index < -0.39 is 5.95 Å². The molecule has 1 aromatic heterocycles. The van der Waals surface area contributed by atoms with Crippen LogP contribution in [0.25, 0.3) is 16.1 Å². The highest BCUT2D eigenvalue weighted by Crippen LogP contribution is 2.18. The summed E-state index contributed by atoms with van der Waals surface area (Å²) in [5.74, 6) is -0.564. The summed E-state index contributed by atoms with van der Waals surface area (Å²) in [5.41, 5.74) is 9.20. The molecule has 2 rings (SSSR count). The molecule has 15 heavy (non-hydrogen) atoms. The van der Waals surface area contributed by atoms with Crippen LogP contribution in [0.3, 0.4) is 0 Å². The van der Waals surface area contributed by atoms with Gasteiger partial charge in [-0.15, -0.1) is 0 Å². The van der Waals surface area contributed by atoms with Gasteiger partial charge in [0.25, 0.3) is 0 Å². The van der Waals surface area contributed by atoms with Gasteiger partial charge in [-0.2, -0.15) is 0 Å². The minimum Gasteiger partial charge on any atom is -0.539 e. The first-order chi connectivity index (χ1) is 7.31. The maximum absolute atomic E-state index is 10.8. The van der Waals surface area contributed by atoms with Crippen LogP contribution in [0, 0.1) is 0 Å². The second kappa shape index (κ2) is 3.69. The summed E-state index contributed by atoms with van der Waals surface area (Å²) in [7, 11) is 0. The Kier molecular flexibility index (Phi) is 2.22. The molecular weight excluding hydrogens is 198 g/mol. The third kappa shape index (κ3) is 1.72. The molecule has 7 nitrogen and oxygen atoms in total. The lowest BCUT2D eigenvalue weighted by atomic mass is 10.3. The number of benzene rings is 1. The largest absolute Gasteiger partial charge is 0.539 e. The van der Waals surface area contributed by atoms with Gasteiger partial charge < -0.3 is 9.63 Å². The van der Waals surface area contributed by atoms with E-state index >= 15 is 0 Å². The molecule has 0 aliphatic rings. The predicted octanol–water partition coefficient (Wildman–Crippen LogP) is 0.967. The number of aromatic nitrogens is 2. The van der Waals surface area contributed by atoms with Crippen molar-refractivity contribution in [2.45, 2.75) is 0 Å². The molecule has 0 aliphatic carbocycles. The molecule has 0 bridgehead atoms. The van der Waals surface area contributed by atoms with E-state index in [0.717, 1.165) is 6.20 Å². The van der Waals surface area contributed by atoms with Crippen molar-refractivity contribution in [3.8, 4) is 11.6 Å². The third-order valence-corrected chi connectivity index (χ3v) is 1.73. The van der Waals surface area contributed by atoms with Crippen molar-refractivity contribution in [2.75, 3.05) is 0 Å². The van der Waals surface area contributed by atoms with Crippen molar-refractivity contribution in [2.24, 2.45) is 5.11 Å². The van der Waals surface area contributed by atoms with E-state index in [0.29, 0.717) is 11.4 Å². The van der Waals surface area contributed by atoms with Crippen molar-refractivity contribution in [1.82, 2.24) is 5.27 Å². The molecule has 7 heteroatoms. The molecule has 0 atom stereocenters. The molecule has 0 saturated carbocycles. The van der Waals surface area contributed by atoms with Gasteiger partial charge in [0.15, 0.2) is 0 Å². The van der Waals surface area contributed by atoms with Crippen LogP contribution in [0.5, 0.6) is 5.95 Å². The lowest BCUT2D eigenvalue weighted by Gasteiger charge is -1.92. The SMILES string of the molecule is [N-]=[N+]=Nc1ccccc1-[n+]1cc([O-])on1. The third-order valence-electron chi connectivity index (χ3n) is 1.73. The van der Waals surface area contributed by atoms with Gasteiger partial charge >= 0.3 is 0 Å². The Morgan fingerprint density at radius 1 is 1.47 bits per heavy atom. The molecule has 0 N–H and O–H groups in total. The zero-order chi connectivity index (χ0) is 10.7. The molecule has 0 fully saturated rings. The van der Waals surface area contributed by atoms with E-state index in [1.165, 1.54) is 4.68 Å². The minimum atomic E-state index is -0.564. The minimum absolute atomic E-state index is 0.373. The zero-order valence-corrected chi connectivity index (χ0v) is 7.44. The van der Waals surface area contributed by atoms with Crippen LogP contribution in [-0.2, 0) is 0 Å². The zero-order valence-electron chi connectivity index (χ0n) is 7.44. The molecule has 2 aromatic rings. The fourth-order valence-corrected chi connectivity index (χ4v) is 1.14. The summed E-state index contributed by atoms with van der Waals surface area (Å²) in [6.45, 7) is 0. The van der Waals surface area contributed by atoms with Gasteiger partial charge in [0.05, 0.1) is 5.27 Å². The summed E-state index contributed by atoms with van der Waals surface area (Å²) in [4.78, 5) is 2.67. The van der Waals surface area contributed by atoms with E-state index in [4.69, 9.17) is 5.53 Å². The van der Waals surface area contributed by atoms with Gasteiger partial charge in [0.1, 0.15) is 11.6 Å². The Morgan fingerprint density at radius 2 is 2.27 bits per heavy atom. The van der Waals surface area contributed by atoms with Crippen molar-refractivity contribution < 1.29 is 14.3 Å². The summed E-state index contributed by atoms with van der Waals surface area (Å²) < 4.78 is 5.59. The fraction of sp³-hybridized carbons (Fsp3) is 0. The maximum Gasteiger partial charge on any atom is 0.248 e. The Balaban J connectivity index is 2.56. The van der Waals surface area contributed by atoms with Gasteiger partial charge in [-0.1, -0.05) is 17.2 Å².